The fraction of sp³-hybridized carbons (Fsp3) is 0.684. The summed E-state index contributed by atoms with van der Waals surface area (Å²) in [5.41, 5.74) is 12.0. The molecule has 1 fully saturated rings. The second-order valence-electron chi connectivity index (χ2n) is 6.85. The number of aryl methyl sites for hydroxylation is 3. The van der Waals surface area contributed by atoms with Crippen molar-refractivity contribution in [3.63, 3.8) is 0 Å². The summed E-state index contributed by atoms with van der Waals surface area (Å²) in [6.07, 6.45) is 6.67. The Bertz CT molecular complexity index is 442. The Morgan fingerprint density at radius 2 is 1.86 bits per heavy atom. The predicted molar refractivity (Wildman–Crippen MR) is 91.7 cm³/mol. The fourth-order valence-corrected chi connectivity index (χ4v) is 4.08. The molecule has 0 radical (unpaired) electrons. The minimum atomic E-state index is 0.142. The van der Waals surface area contributed by atoms with E-state index in [2.05, 4.69) is 44.7 Å². The van der Waals surface area contributed by atoms with E-state index in [0.717, 1.165) is 12.6 Å². The molecule has 0 saturated carbocycles. The van der Waals surface area contributed by atoms with Gasteiger partial charge >= 0.3 is 0 Å². The third-order valence-electron chi connectivity index (χ3n) is 4.91. The summed E-state index contributed by atoms with van der Waals surface area (Å²) in [5.74, 6) is 0. The van der Waals surface area contributed by atoms with Crippen molar-refractivity contribution in [3.05, 3.63) is 34.4 Å². The van der Waals surface area contributed by atoms with Crippen molar-refractivity contribution in [3.8, 4) is 0 Å². The third kappa shape index (κ3) is 4.08. The molecule has 0 aliphatic carbocycles. The molecular formula is C19H32N2. The normalized spacial score (nSPS) is 21.5. The van der Waals surface area contributed by atoms with Crippen molar-refractivity contribution in [2.75, 3.05) is 13.1 Å². The SMILES string of the molecule is CCCC1CCCCN1CC(N)c1c(C)cc(C)cc1C. The first-order valence-corrected chi connectivity index (χ1v) is 8.60. The van der Waals surface area contributed by atoms with E-state index in [-0.39, 0.29) is 6.04 Å². The van der Waals surface area contributed by atoms with Gasteiger partial charge in [0.1, 0.15) is 0 Å². The lowest BCUT2D eigenvalue weighted by molar-refractivity contribution is 0.131. The number of likely N-dealkylation sites (tertiary alicyclic amines) is 1. The van der Waals surface area contributed by atoms with E-state index < -0.39 is 0 Å². The molecule has 2 unspecified atom stereocenters. The lowest BCUT2D eigenvalue weighted by Gasteiger charge is -2.37. The van der Waals surface area contributed by atoms with E-state index in [1.807, 2.05) is 0 Å². The smallest absolute Gasteiger partial charge is 0.0429 e. The van der Waals surface area contributed by atoms with Crippen LogP contribution in [0.1, 0.15) is 67.3 Å². The Balaban J connectivity index is 2.11. The lowest BCUT2D eigenvalue weighted by atomic mass is 9.92. The molecule has 2 nitrogen and oxygen atoms in total. The standard InChI is InChI=1S/C19H32N2/c1-5-8-17-9-6-7-10-21(17)13-18(20)19-15(3)11-14(2)12-16(19)4/h11-12,17-18H,5-10,13,20H2,1-4H3. The molecule has 118 valence electrons. The van der Waals surface area contributed by atoms with Gasteiger partial charge in [0.25, 0.3) is 0 Å². The Labute approximate surface area is 130 Å². The molecule has 1 aromatic carbocycles. The van der Waals surface area contributed by atoms with Gasteiger partial charge in [0.05, 0.1) is 0 Å². The summed E-state index contributed by atoms with van der Waals surface area (Å²) >= 11 is 0. The van der Waals surface area contributed by atoms with E-state index in [4.69, 9.17) is 5.73 Å². The Hall–Kier alpha value is -0.860. The minimum absolute atomic E-state index is 0.142. The molecule has 0 amide bonds. The van der Waals surface area contributed by atoms with Crippen LogP contribution in [0, 0.1) is 20.8 Å². The number of hydrogen-bond donors (Lipinski definition) is 1. The van der Waals surface area contributed by atoms with E-state index >= 15 is 0 Å². The van der Waals surface area contributed by atoms with Gasteiger partial charge in [-0.15, -0.1) is 0 Å². The summed E-state index contributed by atoms with van der Waals surface area (Å²) in [6.45, 7) is 11.1. The summed E-state index contributed by atoms with van der Waals surface area (Å²) < 4.78 is 0. The van der Waals surface area contributed by atoms with Crippen LogP contribution < -0.4 is 5.73 Å². The maximum Gasteiger partial charge on any atom is 0.0429 e. The van der Waals surface area contributed by atoms with Gasteiger partial charge in [-0.1, -0.05) is 37.5 Å². The molecule has 2 heteroatoms. The molecule has 0 spiro atoms. The Kier molecular flexibility index (Phi) is 5.83. The molecule has 1 heterocycles. The zero-order valence-corrected chi connectivity index (χ0v) is 14.3. The third-order valence-corrected chi connectivity index (χ3v) is 4.91. The molecule has 2 rings (SSSR count). The first-order chi connectivity index (χ1) is 10.0. The fourth-order valence-electron chi connectivity index (χ4n) is 4.08. The van der Waals surface area contributed by atoms with E-state index in [1.54, 1.807) is 0 Å². The molecule has 21 heavy (non-hydrogen) atoms. The van der Waals surface area contributed by atoms with Crippen molar-refractivity contribution in [2.24, 2.45) is 5.73 Å². The van der Waals surface area contributed by atoms with Crippen LogP contribution in [0.15, 0.2) is 12.1 Å². The van der Waals surface area contributed by atoms with Gasteiger partial charge in [0.15, 0.2) is 0 Å². The maximum atomic E-state index is 6.59. The number of nitrogens with zero attached hydrogens (tertiary/aromatic N) is 1. The van der Waals surface area contributed by atoms with Gasteiger partial charge < -0.3 is 5.73 Å². The van der Waals surface area contributed by atoms with Crippen LogP contribution in [0.25, 0.3) is 0 Å². The van der Waals surface area contributed by atoms with Crippen LogP contribution in [-0.2, 0) is 0 Å². The van der Waals surface area contributed by atoms with E-state index in [1.165, 1.54) is 60.9 Å². The highest BCUT2D eigenvalue weighted by Crippen LogP contribution is 2.26. The Morgan fingerprint density at radius 1 is 1.19 bits per heavy atom. The number of benzene rings is 1. The predicted octanol–water partition coefficient (Wildman–Crippen LogP) is 4.27. The van der Waals surface area contributed by atoms with Crippen LogP contribution in [0.5, 0.6) is 0 Å². The molecular weight excluding hydrogens is 256 g/mol. The first-order valence-electron chi connectivity index (χ1n) is 8.60. The highest BCUT2D eigenvalue weighted by molar-refractivity contribution is 5.39. The number of piperidine rings is 1. The molecule has 0 aromatic heterocycles. The van der Waals surface area contributed by atoms with Gasteiger partial charge in [-0.2, -0.15) is 0 Å². The van der Waals surface area contributed by atoms with Gasteiger partial charge in [-0.25, -0.2) is 0 Å². The van der Waals surface area contributed by atoms with Crippen LogP contribution >= 0.6 is 0 Å². The van der Waals surface area contributed by atoms with Crippen molar-refractivity contribution in [1.82, 2.24) is 4.90 Å². The molecule has 1 saturated heterocycles. The molecule has 0 bridgehead atoms. The van der Waals surface area contributed by atoms with Crippen LogP contribution in [0.2, 0.25) is 0 Å². The van der Waals surface area contributed by atoms with E-state index in [9.17, 15) is 0 Å². The van der Waals surface area contributed by atoms with Crippen LogP contribution in [0.3, 0.4) is 0 Å². The average molecular weight is 288 g/mol. The lowest BCUT2D eigenvalue weighted by Crippen LogP contribution is -2.43. The molecule has 1 aliphatic heterocycles. The zero-order valence-electron chi connectivity index (χ0n) is 14.3. The zero-order chi connectivity index (χ0) is 15.4. The largest absolute Gasteiger partial charge is 0.323 e. The minimum Gasteiger partial charge on any atom is -0.323 e. The summed E-state index contributed by atoms with van der Waals surface area (Å²) in [6, 6.07) is 5.42. The molecule has 1 aromatic rings. The highest BCUT2D eigenvalue weighted by atomic mass is 15.2. The Morgan fingerprint density at radius 3 is 2.48 bits per heavy atom. The topological polar surface area (TPSA) is 29.3 Å². The monoisotopic (exact) mass is 288 g/mol. The quantitative estimate of drug-likeness (QED) is 0.877. The van der Waals surface area contributed by atoms with Gasteiger partial charge in [-0.05, 0) is 63.3 Å². The summed E-state index contributed by atoms with van der Waals surface area (Å²) in [5, 5.41) is 0. The highest BCUT2D eigenvalue weighted by Gasteiger charge is 2.24. The number of hydrogen-bond acceptors (Lipinski definition) is 2. The molecule has 2 N–H and O–H groups in total. The second kappa shape index (κ2) is 7.42. The maximum absolute atomic E-state index is 6.59. The number of nitrogens with two attached hydrogens (primary N) is 1. The first kappa shape index (κ1) is 16.5. The number of rotatable bonds is 5. The van der Waals surface area contributed by atoms with Gasteiger partial charge in [-0.3, -0.25) is 4.90 Å². The second-order valence-corrected chi connectivity index (χ2v) is 6.85. The average Bonchev–Trinajstić information content (AvgIpc) is 2.40. The molecule has 1 aliphatic rings. The van der Waals surface area contributed by atoms with Crippen molar-refractivity contribution < 1.29 is 0 Å². The van der Waals surface area contributed by atoms with Crippen LogP contribution in [0.4, 0.5) is 0 Å². The van der Waals surface area contributed by atoms with E-state index in [0.29, 0.717) is 0 Å². The van der Waals surface area contributed by atoms with Crippen molar-refractivity contribution in [2.45, 2.75) is 71.9 Å². The summed E-state index contributed by atoms with van der Waals surface area (Å²) in [4.78, 5) is 2.65. The van der Waals surface area contributed by atoms with Gasteiger partial charge in [0, 0.05) is 18.6 Å². The molecule has 2 atom stereocenters. The van der Waals surface area contributed by atoms with Crippen LogP contribution in [-0.4, -0.2) is 24.0 Å². The van der Waals surface area contributed by atoms with Gasteiger partial charge in [0.2, 0.25) is 0 Å². The van der Waals surface area contributed by atoms with Crippen molar-refractivity contribution >= 4 is 0 Å². The van der Waals surface area contributed by atoms with Crippen molar-refractivity contribution in [1.29, 1.82) is 0 Å². The summed E-state index contributed by atoms with van der Waals surface area (Å²) in [7, 11) is 0.